The number of ketones is 2. The molecule has 0 radical (unpaired) electrons. The van der Waals surface area contributed by atoms with Gasteiger partial charge >= 0.3 is 0 Å². The number of carbonyl (C=O) groups excluding carboxylic acids is 4. The maximum Gasteiger partial charge on any atom is 0.255 e. The molecule has 12 nitrogen and oxygen atoms in total. The highest BCUT2D eigenvalue weighted by Gasteiger charge is 2.63. The number of phenolic OH excluding ortho intramolecular Hbond substituents is 1. The molecule has 3 aliphatic carbocycles. The molecule has 7 N–H and O–H groups in total. The third-order valence-electron chi connectivity index (χ3n) is 8.79. The highest BCUT2D eigenvalue weighted by atomic mass is 79.9. The van der Waals surface area contributed by atoms with E-state index in [4.69, 9.17) is 5.73 Å². The van der Waals surface area contributed by atoms with Crippen molar-refractivity contribution in [3.63, 3.8) is 0 Å². The fraction of sp³-hybridized carbons (Fsp3) is 0.355. The smallest absolute Gasteiger partial charge is 0.255 e. The number of likely N-dealkylation sites (N-methyl/N-ethyl adjacent to an activating group) is 1. The Bertz CT molecular complexity index is 1670. The van der Waals surface area contributed by atoms with Crippen LogP contribution < -0.4 is 16.0 Å². The molecule has 0 fully saturated rings. The molecule has 13 heteroatoms. The largest absolute Gasteiger partial charge is 0.510 e. The van der Waals surface area contributed by atoms with Gasteiger partial charge in [-0.25, -0.2) is 0 Å². The minimum Gasteiger partial charge on any atom is -0.510 e. The quantitative estimate of drug-likeness (QED) is 0.151. The predicted molar refractivity (Wildman–Crippen MR) is 165 cm³/mol. The summed E-state index contributed by atoms with van der Waals surface area (Å²) in [6.45, 7) is 0. The lowest BCUT2D eigenvalue weighted by Gasteiger charge is -2.50. The summed E-state index contributed by atoms with van der Waals surface area (Å²) in [6, 6.07) is 9.27. The molecule has 3 unspecified atom stereocenters. The van der Waals surface area contributed by atoms with Crippen molar-refractivity contribution in [1.29, 1.82) is 0 Å². The van der Waals surface area contributed by atoms with Crippen molar-refractivity contribution in [2.24, 2.45) is 17.6 Å². The van der Waals surface area contributed by atoms with E-state index in [-0.39, 0.29) is 29.7 Å². The summed E-state index contributed by atoms with van der Waals surface area (Å²) in [4.78, 5) is 55.2. The van der Waals surface area contributed by atoms with Gasteiger partial charge in [0.25, 0.3) is 5.91 Å². The minimum atomic E-state index is -2.72. The van der Waals surface area contributed by atoms with Crippen molar-refractivity contribution in [3.05, 3.63) is 75.8 Å². The molecule has 0 spiro atoms. The summed E-state index contributed by atoms with van der Waals surface area (Å²) in [5.74, 6) is -7.84. The lowest BCUT2D eigenvalue weighted by Crippen LogP contribution is -2.63. The second-order valence-electron chi connectivity index (χ2n) is 11.8. The van der Waals surface area contributed by atoms with Crippen molar-refractivity contribution < 1.29 is 39.6 Å². The molecule has 5 rings (SSSR count). The number of rotatable bonds is 6. The summed E-state index contributed by atoms with van der Waals surface area (Å²) in [6.07, 6.45) is 0.137. The van der Waals surface area contributed by atoms with Crippen molar-refractivity contribution in [3.8, 4) is 5.75 Å². The zero-order chi connectivity index (χ0) is 32.4. The number of aliphatic hydroxyl groups is 3. The molecule has 5 atom stereocenters. The first-order chi connectivity index (χ1) is 20.6. The second kappa shape index (κ2) is 11.1. The number of anilines is 2. The summed E-state index contributed by atoms with van der Waals surface area (Å²) in [5, 5.41) is 47.8. The van der Waals surface area contributed by atoms with Crippen LogP contribution in [-0.4, -0.2) is 88.5 Å². The number of hydrogen-bond donors (Lipinski definition) is 6. The van der Waals surface area contributed by atoms with Crippen molar-refractivity contribution >= 4 is 50.7 Å². The lowest BCUT2D eigenvalue weighted by atomic mass is 9.58. The Morgan fingerprint density at radius 2 is 1.68 bits per heavy atom. The van der Waals surface area contributed by atoms with E-state index < -0.39 is 74.5 Å². The lowest BCUT2D eigenvalue weighted by molar-refractivity contribution is -0.148. The Morgan fingerprint density at radius 3 is 2.25 bits per heavy atom. The van der Waals surface area contributed by atoms with Gasteiger partial charge in [0.05, 0.1) is 17.3 Å². The zero-order valence-electron chi connectivity index (χ0n) is 24.5. The summed E-state index contributed by atoms with van der Waals surface area (Å²) < 4.78 is 0. The van der Waals surface area contributed by atoms with E-state index in [9.17, 15) is 39.6 Å². The van der Waals surface area contributed by atoms with Crippen molar-refractivity contribution in [2.75, 3.05) is 38.4 Å². The Kier molecular flexibility index (Phi) is 7.85. The van der Waals surface area contributed by atoms with E-state index >= 15 is 0 Å². The third-order valence-corrected chi connectivity index (χ3v) is 9.73. The number of nitrogens with two attached hydrogens (primary N) is 1. The van der Waals surface area contributed by atoms with Crippen LogP contribution in [0.15, 0.2) is 59.1 Å². The molecule has 0 aliphatic heterocycles. The van der Waals surface area contributed by atoms with Crippen LogP contribution in [0.2, 0.25) is 0 Å². The molecule has 2 amide bonds. The van der Waals surface area contributed by atoms with E-state index in [1.165, 1.54) is 11.0 Å². The topological polar surface area (TPSA) is 194 Å². The molecule has 0 saturated carbocycles. The van der Waals surface area contributed by atoms with Crippen LogP contribution in [0.1, 0.15) is 32.7 Å². The van der Waals surface area contributed by atoms with E-state index in [0.29, 0.717) is 11.1 Å². The molecule has 0 heterocycles. The molecule has 3 aliphatic rings. The van der Waals surface area contributed by atoms with Gasteiger partial charge in [0.15, 0.2) is 17.1 Å². The zero-order valence-corrected chi connectivity index (χ0v) is 26.0. The number of aliphatic hydroxyl groups excluding tert-OH is 2. The van der Waals surface area contributed by atoms with Crippen LogP contribution in [0.25, 0.3) is 0 Å². The first-order valence-corrected chi connectivity index (χ1v) is 14.7. The number of allylic oxidation sites excluding steroid dienone is 1. The predicted octanol–water partition coefficient (Wildman–Crippen LogP) is 2.26. The number of aromatic hydroxyl groups is 1. The summed E-state index contributed by atoms with van der Waals surface area (Å²) in [5.41, 5.74) is 3.30. The Balaban J connectivity index is 1.51. The molecule has 232 valence electrons. The first-order valence-electron chi connectivity index (χ1n) is 13.8. The number of alkyl halides is 1. The molecule has 0 saturated heterocycles. The molecule has 2 aromatic carbocycles. The maximum absolute atomic E-state index is 13.9. The van der Waals surface area contributed by atoms with Crippen LogP contribution >= 0.6 is 15.9 Å². The van der Waals surface area contributed by atoms with Crippen LogP contribution in [0, 0.1) is 11.8 Å². The van der Waals surface area contributed by atoms with E-state index in [0.717, 1.165) is 5.69 Å². The van der Waals surface area contributed by atoms with Crippen molar-refractivity contribution in [1.82, 2.24) is 4.90 Å². The Morgan fingerprint density at radius 1 is 1.05 bits per heavy atom. The molecule has 44 heavy (non-hydrogen) atoms. The van der Waals surface area contributed by atoms with Crippen molar-refractivity contribution in [2.45, 2.75) is 29.3 Å². The fourth-order valence-electron chi connectivity index (χ4n) is 6.62. The van der Waals surface area contributed by atoms with Crippen LogP contribution in [0.5, 0.6) is 5.75 Å². The SMILES string of the molecule is CN(C)c1ccc(C(Br)C(=O)Nc2ccc3c(c2O)C(=O)C2=C(O)[C@]4(O)C(=O)C(C(N)=O)=C(O)[C@@H](N(C)C)C4CC2C3)cc1. The molecule has 0 aromatic heterocycles. The Hall–Kier alpha value is -4.20. The third kappa shape index (κ3) is 4.66. The highest BCUT2D eigenvalue weighted by Crippen LogP contribution is 2.52. The number of fused-ring (bicyclic) bond motifs is 3. The molecule has 0 bridgehead atoms. The van der Waals surface area contributed by atoms with Gasteiger partial charge in [0.1, 0.15) is 21.9 Å². The number of nitrogens with zero attached hydrogens (tertiary/aromatic N) is 2. The molecular formula is C31H33BrN4O8. The van der Waals surface area contributed by atoms with E-state index in [1.807, 2.05) is 31.1 Å². The molecule has 2 aromatic rings. The van der Waals surface area contributed by atoms with Crippen LogP contribution in [0.3, 0.4) is 0 Å². The van der Waals surface area contributed by atoms with Gasteiger partial charge in [-0.05, 0) is 62.2 Å². The van der Waals surface area contributed by atoms with Gasteiger partial charge in [-0.3, -0.25) is 24.1 Å². The number of halogens is 1. The normalized spacial score (nSPS) is 25.3. The maximum atomic E-state index is 13.9. The number of phenols is 1. The standard InChI is InChI=1S/C31H33BrN4O8/c1-35(2)16-8-5-13(6-9-16)22(32)30(43)34-18-10-7-14-11-15-12-17-23(36(3)4)26(39)21(29(33)42)28(41)31(17,44)27(40)20(15)25(38)19(14)24(18)37/h5-10,15,17,22-23,37,39-40,44H,11-12H2,1-4H3,(H2,33,42)(H,34,43)/t15?,17?,22?,23-,31-/m0/s1. The number of amides is 2. The van der Waals surface area contributed by atoms with Gasteiger partial charge in [-0.1, -0.05) is 34.1 Å². The van der Waals surface area contributed by atoms with Gasteiger partial charge in [-0.2, -0.15) is 0 Å². The van der Waals surface area contributed by atoms with Gasteiger partial charge < -0.3 is 36.4 Å². The number of benzene rings is 2. The van der Waals surface area contributed by atoms with Gasteiger partial charge in [0.2, 0.25) is 11.7 Å². The van der Waals surface area contributed by atoms with E-state index in [2.05, 4.69) is 21.2 Å². The second-order valence-corrected chi connectivity index (χ2v) is 12.7. The van der Waals surface area contributed by atoms with Gasteiger partial charge in [-0.15, -0.1) is 0 Å². The monoisotopic (exact) mass is 668 g/mol. The number of Topliss-reactive ketones (excluding diaryl/α,β-unsaturated/α-hetero) is 2. The number of hydrogen-bond acceptors (Lipinski definition) is 10. The number of primary amides is 1. The van der Waals surface area contributed by atoms with E-state index in [1.54, 1.807) is 32.3 Å². The number of carbonyl (C=O) groups is 4. The average Bonchev–Trinajstić information content (AvgIpc) is 2.95. The van der Waals surface area contributed by atoms with Gasteiger partial charge in [0, 0.05) is 31.3 Å². The molecular weight excluding hydrogens is 636 g/mol. The minimum absolute atomic E-state index is 0.0110. The summed E-state index contributed by atoms with van der Waals surface area (Å²) >= 11 is 3.38. The number of nitrogens with one attached hydrogen (secondary N) is 1. The average molecular weight is 670 g/mol. The summed E-state index contributed by atoms with van der Waals surface area (Å²) in [7, 11) is 6.92. The highest BCUT2D eigenvalue weighted by molar-refractivity contribution is 9.09. The fourth-order valence-corrected chi connectivity index (χ4v) is 7.03. The Labute approximate surface area is 261 Å². The van der Waals surface area contributed by atoms with Crippen LogP contribution in [0.4, 0.5) is 11.4 Å². The first kappa shape index (κ1) is 31.2. The van der Waals surface area contributed by atoms with Crippen LogP contribution in [-0.2, 0) is 20.8 Å².